The van der Waals surface area contributed by atoms with Crippen molar-refractivity contribution in [2.45, 2.75) is 13.5 Å². The maximum Gasteiger partial charge on any atom is 0.268 e. The first-order chi connectivity index (χ1) is 12.9. The largest absolute Gasteiger partial charge is 0.368 e. The minimum absolute atomic E-state index is 0.230. The molecule has 136 valence electrons. The summed E-state index contributed by atoms with van der Waals surface area (Å²) in [5.74, 6) is 0.0594. The molecule has 1 amide bonds. The first kappa shape index (κ1) is 17.4. The maximum atomic E-state index is 12.6. The summed E-state index contributed by atoms with van der Waals surface area (Å²) in [6, 6.07) is 7.11. The zero-order valence-electron chi connectivity index (χ0n) is 14.0. The molecule has 0 saturated heterocycles. The van der Waals surface area contributed by atoms with E-state index in [1.165, 1.54) is 22.2 Å². The number of benzene rings is 1. The van der Waals surface area contributed by atoms with E-state index in [-0.39, 0.29) is 18.0 Å². The van der Waals surface area contributed by atoms with Gasteiger partial charge in [-0.05, 0) is 24.6 Å². The molecule has 0 spiro atoms. The first-order valence-corrected chi connectivity index (χ1v) is 9.00. The summed E-state index contributed by atoms with van der Waals surface area (Å²) in [4.78, 5) is 33.6. The van der Waals surface area contributed by atoms with E-state index in [4.69, 9.17) is 21.9 Å². The van der Waals surface area contributed by atoms with Crippen molar-refractivity contribution in [2.24, 2.45) is 5.73 Å². The monoisotopic (exact) mass is 401 g/mol. The zero-order valence-corrected chi connectivity index (χ0v) is 15.5. The van der Waals surface area contributed by atoms with Crippen LogP contribution in [-0.2, 0) is 11.3 Å². The second-order valence-corrected chi connectivity index (χ2v) is 7.25. The summed E-state index contributed by atoms with van der Waals surface area (Å²) in [6.07, 6.45) is 1.31. The smallest absolute Gasteiger partial charge is 0.268 e. The van der Waals surface area contributed by atoms with Gasteiger partial charge in [0.2, 0.25) is 11.7 Å². The maximum absolute atomic E-state index is 12.6. The van der Waals surface area contributed by atoms with Gasteiger partial charge < -0.3 is 10.3 Å². The van der Waals surface area contributed by atoms with E-state index in [2.05, 4.69) is 15.1 Å². The SMILES string of the molecule is Cc1c(-c2nc(-c3cccc(Cl)c3)no2)sc2ncn(CC(N)=O)c(=O)c12. The number of rotatable bonds is 4. The predicted octanol–water partition coefficient (Wildman–Crippen LogP) is 2.62. The normalized spacial score (nSPS) is 11.2. The number of carbonyl (C=O) groups is 1. The Hall–Kier alpha value is -3.04. The highest BCUT2D eigenvalue weighted by Crippen LogP contribution is 2.35. The number of aryl methyl sites for hydroxylation is 1. The highest BCUT2D eigenvalue weighted by molar-refractivity contribution is 7.22. The average Bonchev–Trinajstić information content (AvgIpc) is 3.22. The van der Waals surface area contributed by atoms with E-state index in [0.29, 0.717) is 31.5 Å². The Morgan fingerprint density at radius 2 is 2.22 bits per heavy atom. The molecule has 0 aliphatic carbocycles. The quantitative estimate of drug-likeness (QED) is 0.561. The average molecular weight is 402 g/mol. The second-order valence-electron chi connectivity index (χ2n) is 5.81. The minimum atomic E-state index is -0.616. The van der Waals surface area contributed by atoms with Crippen molar-refractivity contribution in [2.75, 3.05) is 0 Å². The summed E-state index contributed by atoms with van der Waals surface area (Å²) in [6.45, 7) is 1.54. The van der Waals surface area contributed by atoms with Crippen LogP contribution in [0.1, 0.15) is 5.56 Å². The standard InChI is InChI=1S/C17H12ClN5O3S/c1-8-12-16(20-7-23(17(12)25)6-11(19)24)27-13(8)15-21-14(22-26-15)9-3-2-4-10(18)5-9/h2-5,7H,6H2,1H3,(H2,19,24). The predicted molar refractivity (Wildman–Crippen MR) is 102 cm³/mol. The number of amides is 1. The summed E-state index contributed by atoms with van der Waals surface area (Å²) in [5.41, 5.74) is 6.21. The lowest BCUT2D eigenvalue weighted by Crippen LogP contribution is -2.28. The number of carbonyl (C=O) groups excluding carboxylic acids is 1. The molecular weight excluding hydrogens is 390 g/mol. The number of thiophene rings is 1. The van der Waals surface area contributed by atoms with Gasteiger partial charge in [0.25, 0.3) is 11.4 Å². The Labute approximate surface area is 161 Å². The molecule has 3 aromatic heterocycles. The number of fused-ring (bicyclic) bond motifs is 1. The summed E-state index contributed by atoms with van der Waals surface area (Å²) < 4.78 is 6.57. The van der Waals surface area contributed by atoms with Crippen molar-refractivity contribution in [1.82, 2.24) is 19.7 Å². The van der Waals surface area contributed by atoms with E-state index < -0.39 is 5.91 Å². The van der Waals surface area contributed by atoms with Gasteiger partial charge in [-0.25, -0.2) is 4.98 Å². The molecule has 0 unspecified atom stereocenters. The van der Waals surface area contributed by atoms with Crippen LogP contribution >= 0.6 is 22.9 Å². The van der Waals surface area contributed by atoms with Crippen molar-refractivity contribution in [1.29, 1.82) is 0 Å². The molecule has 0 saturated carbocycles. The molecule has 27 heavy (non-hydrogen) atoms. The van der Waals surface area contributed by atoms with Gasteiger partial charge in [0.15, 0.2) is 0 Å². The Kier molecular flexibility index (Phi) is 4.25. The minimum Gasteiger partial charge on any atom is -0.368 e. The van der Waals surface area contributed by atoms with Crippen molar-refractivity contribution in [3.05, 3.63) is 51.5 Å². The molecular formula is C17H12ClN5O3S. The fraction of sp³-hybridized carbons (Fsp3) is 0.118. The number of primary amides is 1. The fourth-order valence-electron chi connectivity index (χ4n) is 2.70. The molecule has 1 aromatic carbocycles. The van der Waals surface area contributed by atoms with Gasteiger partial charge in [-0.15, -0.1) is 11.3 Å². The molecule has 2 N–H and O–H groups in total. The third-order valence-corrected chi connectivity index (χ3v) is 5.37. The van der Waals surface area contributed by atoms with Gasteiger partial charge >= 0.3 is 0 Å². The highest BCUT2D eigenvalue weighted by Gasteiger charge is 2.20. The number of hydrogen-bond donors (Lipinski definition) is 1. The van der Waals surface area contributed by atoms with E-state index in [9.17, 15) is 9.59 Å². The number of nitrogens with two attached hydrogens (primary N) is 1. The van der Waals surface area contributed by atoms with Crippen LogP contribution in [0.15, 0.2) is 39.9 Å². The lowest BCUT2D eigenvalue weighted by atomic mass is 10.2. The highest BCUT2D eigenvalue weighted by atomic mass is 35.5. The fourth-order valence-corrected chi connectivity index (χ4v) is 3.96. The lowest BCUT2D eigenvalue weighted by molar-refractivity contribution is -0.118. The van der Waals surface area contributed by atoms with Gasteiger partial charge in [0.1, 0.15) is 11.4 Å². The van der Waals surface area contributed by atoms with Crippen molar-refractivity contribution in [3.8, 4) is 22.2 Å². The summed E-state index contributed by atoms with van der Waals surface area (Å²) in [7, 11) is 0. The topological polar surface area (TPSA) is 117 Å². The Balaban J connectivity index is 1.81. The van der Waals surface area contributed by atoms with Crippen LogP contribution in [0.2, 0.25) is 5.02 Å². The van der Waals surface area contributed by atoms with Crippen LogP contribution in [0.4, 0.5) is 0 Å². The van der Waals surface area contributed by atoms with Crippen molar-refractivity contribution in [3.63, 3.8) is 0 Å². The van der Waals surface area contributed by atoms with Crippen molar-refractivity contribution < 1.29 is 9.32 Å². The van der Waals surface area contributed by atoms with E-state index in [1.807, 2.05) is 6.07 Å². The number of halogens is 1. The van der Waals surface area contributed by atoms with Crippen LogP contribution in [0.5, 0.6) is 0 Å². The van der Waals surface area contributed by atoms with E-state index in [0.717, 1.165) is 5.56 Å². The molecule has 8 nitrogen and oxygen atoms in total. The molecule has 0 bridgehead atoms. The molecule has 0 aliphatic rings. The third kappa shape index (κ3) is 3.11. The molecule has 0 aliphatic heterocycles. The Bertz CT molecular complexity index is 1240. The van der Waals surface area contributed by atoms with Crippen LogP contribution in [0.25, 0.3) is 32.4 Å². The molecule has 3 heterocycles. The van der Waals surface area contributed by atoms with Crippen LogP contribution < -0.4 is 11.3 Å². The van der Waals surface area contributed by atoms with Gasteiger partial charge in [-0.2, -0.15) is 4.98 Å². The van der Waals surface area contributed by atoms with Crippen LogP contribution in [0, 0.1) is 6.92 Å². The third-order valence-electron chi connectivity index (χ3n) is 3.95. The Morgan fingerprint density at radius 1 is 1.41 bits per heavy atom. The van der Waals surface area contributed by atoms with Crippen molar-refractivity contribution >= 4 is 39.1 Å². The number of nitrogens with zero attached hydrogens (tertiary/aromatic N) is 4. The van der Waals surface area contributed by atoms with Gasteiger partial charge in [-0.3, -0.25) is 14.2 Å². The van der Waals surface area contributed by atoms with E-state index in [1.54, 1.807) is 25.1 Å². The molecule has 0 radical (unpaired) electrons. The molecule has 10 heteroatoms. The number of aromatic nitrogens is 4. The molecule has 0 fully saturated rings. The second kappa shape index (κ2) is 6.60. The Morgan fingerprint density at radius 3 is 2.96 bits per heavy atom. The lowest BCUT2D eigenvalue weighted by Gasteiger charge is -2.01. The zero-order chi connectivity index (χ0) is 19.1. The van der Waals surface area contributed by atoms with Gasteiger partial charge in [0, 0.05) is 10.6 Å². The first-order valence-electron chi connectivity index (χ1n) is 7.81. The molecule has 4 rings (SSSR count). The summed E-state index contributed by atoms with van der Waals surface area (Å²) in [5, 5.41) is 4.96. The van der Waals surface area contributed by atoms with Crippen LogP contribution in [0.3, 0.4) is 0 Å². The van der Waals surface area contributed by atoms with Gasteiger partial charge in [-0.1, -0.05) is 28.9 Å². The molecule has 0 atom stereocenters. The van der Waals surface area contributed by atoms with Gasteiger partial charge in [0.05, 0.1) is 16.6 Å². The summed E-state index contributed by atoms with van der Waals surface area (Å²) >= 11 is 7.27. The van der Waals surface area contributed by atoms with Crippen LogP contribution in [-0.4, -0.2) is 25.6 Å². The molecule has 4 aromatic rings. The number of hydrogen-bond acceptors (Lipinski definition) is 7. The van der Waals surface area contributed by atoms with E-state index >= 15 is 0 Å².